The number of thiophene rings is 1. The predicted octanol–water partition coefficient (Wildman–Crippen LogP) is 13.1. The molecule has 0 unspecified atom stereocenters. The van der Waals surface area contributed by atoms with Crippen molar-refractivity contribution in [3.05, 3.63) is 164 Å². The summed E-state index contributed by atoms with van der Waals surface area (Å²) in [4.78, 5) is 15.6. The molecule has 0 fully saturated rings. The molecular formula is C47H27N3OS. The maximum atomic E-state index is 6.73. The first-order valence-corrected chi connectivity index (χ1v) is 18.2. The van der Waals surface area contributed by atoms with Crippen molar-refractivity contribution >= 4 is 75.0 Å². The van der Waals surface area contributed by atoms with Gasteiger partial charge in [-0.15, -0.1) is 11.3 Å². The van der Waals surface area contributed by atoms with Crippen LogP contribution in [0.25, 0.3) is 109 Å². The van der Waals surface area contributed by atoms with Gasteiger partial charge in [-0.1, -0.05) is 133 Å². The molecule has 0 atom stereocenters. The summed E-state index contributed by atoms with van der Waals surface area (Å²) in [6.07, 6.45) is 0. The summed E-state index contributed by atoms with van der Waals surface area (Å²) in [6.45, 7) is 0. The van der Waals surface area contributed by atoms with E-state index in [0.29, 0.717) is 17.5 Å². The van der Waals surface area contributed by atoms with E-state index in [4.69, 9.17) is 19.4 Å². The van der Waals surface area contributed by atoms with Crippen molar-refractivity contribution in [3.8, 4) is 45.3 Å². The van der Waals surface area contributed by atoms with Crippen LogP contribution in [0.1, 0.15) is 0 Å². The fourth-order valence-corrected chi connectivity index (χ4v) is 8.85. The van der Waals surface area contributed by atoms with Crippen molar-refractivity contribution in [3.63, 3.8) is 0 Å². The molecule has 11 rings (SSSR count). The van der Waals surface area contributed by atoms with E-state index >= 15 is 0 Å². The van der Waals surface area contributed by atoms with Gasteiger partial charge in [-0.3, -0.25) is 0 Å². The van der Waals surface area contributed by atoms with E-state index in [2.05, 4.69) is 164 Å². The van der Waals surface area contributed by atoms with Gasteiger partial charge in [-0.25, -0.2) is 15.0 Å². The van der Waals surface area contributed by atoms with Crippen LogP contribution in [0.4, 0.5) is 0 Å². The lowest BCUT2D eigenvalue weighted by Gasteiger charge is -2.11. The van der Waals surface area contributed by atoms with E-state index < -0.39 is 0 Å². The van der Waals surface area contributed by atoms with Gasteiger partial charge < -0.3 is 4.42 Å². The topological polar surface area (TPSA) is 51.8 Å². The summed E-state index contributed by atoms with van der Waals surface area (Å²) in [6, 6.07) is 57.3. The van der Waals surface area contributed by atoms with Crippen LogP contribution in [-0.2, 0) is 0 Å². The third-order valence-corrected chi connectivity index (χ3v) is 11.3. The number of aromatic nitrogens is 3. The quantitative estimate of drug-likeness (QED) is 0.185. The van der Waals surface area contributed by atoms with E-state index in [-0.39, 0.29) is 0 Å². The van der Waals surface area contributed by atoms with Crippen LogP contribution in [-0.4, -0.2) is 15.0 Å². The zero-order valence-corrected chi connectivity index (χ0v) is 28.6. The Hall–Kier alpha value is -6.69. The molecule has 0 N–H and O–H groups in total. The number of furan rings is 1. The highest BCUT2D eigenvalue weighted by atomic mass is 32.1. The van der Waals surface area contributed by atoms with Crippen molar-refractivity contribution in [1.29, 1.82) is 0 Å². The molecular weight excluding hydrogens is 655 g/mol. The van der Waals surface area contributed by atoms with Crippen molar-refractivity contribution in [2.45, 2.75) is 0 Å². The van der Waals surface area contributed by atoms with E-state index in [9.17, 15) is 0 Å². The fourth-order valence-electron chi connectivity index (χ4n) is 7.72. The molecule has 8 aromatic carbocycles. The van der Waals surface area contributed by atoms with Crippen LogP contribution in [0.15, 0.2) is 168 Å². The van der Waals surface area contributed by atoms with Gasteiger partial charge in [-0.05, 0) is 57.6 Å². The molecule has 0 aliphatic carbocycles. The van der Waals surface area contributed by atoms with Gasteiger partial charge in [0, 0.05) is 53.0 Å². The average molecular weight is 682 g/mol. The second-order valence-corrected chi connectivity index (χ2v) is 14.2. The van der Waals surface area contributed by atoms with E-state index in [1.165, 1.54) is 25.9 Å². The molecule has 0 bridgehead atoms. The lowest BCUT2D eigenvalue weighted by atomic mass is 9.95. The van der Waals surface area contributed by atoms with Crippen LogP contribution in [0.5, 0.6) is 0 Å². The van der Waals surface area contributed by atoms with E-state index in [1.807, 2.05) is 0 Å². The highest BCUT2D eigenvalue weighted by molar-refractivity contribution is 7.25. The molecule has 3 heterocycles. The van der Waals surface area contributed by atoms with Gasteiger partial charge in [0.05, 0.1) is 0 Å². The summed E-state index contributed by atoms with van der Waals surface area (Å²) in [5.41, 5.74) is 6.87. The molecule has 0 spiro atoms. The third-order valence-electron chi connectivity index (χ3n) is 10.1. The Morgan fingerprint density at radius 3 is 1.92 bits per heavy atom. The Balaban J connectivity index is 1.16. The van der Waals surface area contributed by atoms with Gasteiger partial charge in [0.1, 0.15) is 11.2 Å². The van der Waals surface area contributed by atoms with Gasteiger partial charge >= 0.3 is 0 Å². The fraction of sp³-hybridized carbons (Fsp3) is 0. The minimum Gasteiger partial charge on any atom is -0.455 e. The smallest absolute Gasteiger partial charge is 0.164 e. The molecule has 3 aromatic heterocycles. The Bertz CT molecular complexity index is 3190. The Morgan fingerprint density at radius 2 is 1.04 bits per heavy atom. The van der Waals surface area contributed by atoms with Gasteiger partial charge in [-0.2, -0.15) is 0 Å². The first-order chi connectivity index (χ1) is 25.8. The minimum absolute atomic E-state index is 0.599. The van der Waals surface area contributed by atoms with E-state index in [1.54, 1.807) is 11.3 Å². The molecule has 0 aliphatic rings. The summed E-state index contributed by atoms with van der Waals surface area (Å²) in [5.74, 6) is 1.88. The third kappa shape index (κ3) is 4.50. The highest BCUT2D eigenvalue weighted by Gasteiger charge is 2.20. The van der Waals surface area contributed by atoms with Crippen molar-refractivity contribution < 1.29 is 4.42 Å². The first kappa shape index (κ1) is 29.1. The molecule has 5 heteroatoms. The highest BCUT2D eigenvalue weighted by Crippen LogP contribution is 2.42. The number of hydrogen-bond acceptors (Lipinski definition) is 5. The lowest BCUT2D eigenvalue weighted by Crippen LogP contribution is -2.00. The van der Waals surface area contributed by atoms with Crippen LogP contribution >= 0.6 is 11.3 Å². The summed E-state index contributed by atoms with van der Waals surface area (Å²) < 4.78 is 9.18. The zero-order chi connectivity index (χ0) is 34.2. The largest absolute Gasteiger partial charge is 0.455 e. The second kappa shape index (κ2) is 11.4. The van der Waals surface area contributed by atoms with Gasteiger partial charge in [0.2, 0.25) is 0 Å². The predicted molar refractivity (Wildman–Crippen MR) is 217 cm³/mol. The number of nitrogens with zero attached hydrogens (tertiary/aromatic N) is 3. The first-order valence-electron chi connectivity index (χ1n) is 17.4. The monoisotopic (exact) mass is 681 g/mol. The maximum absolute atomic E-state index is 6.73. The van der Waals surface area contributed by atoms with Crippen LogP contribution in [0.3, 0.4) is 0 Å². The molecule has 0 aliphatic heterocycles. The van der Waals surface area contributed by atoms with Crippen LogP contribution in [0.2, 0.25) is 0 Å². The summed E-state index contributed by atoms with van der Waals surface area (Å²) >= 11 is 1.79. The van der Waals surface area contributed by atoms with Crippen molar-refractivity contribution in [2.24, 2.45) is 0 Å². The molecule has 0 saturated carbocycles. The zero-order valence-electron chi connectivity index (χ0n) is 27.7. The number of fused-ring (bicyclic) bond motifs is 9. The van der Waals surface area contributed by atoms with Crippen molar-refractivity contribution in [2.75, 3.05) is 0 Å². The number of hydrogen-bond donors (Lipinski definition) is 0. The van der Waals surface area contributed by atoms with Gasteiger partial charge in [0.15, 0.2) is 17.5 Å². The summed E-state index contributed by atoms with van der Waals surface area (Å²) in [5, 5.41) is 9.00. The normalized spacial score (nSPS) is 11.8. The van der Waals surface area contributed by atoms with Gasteiger partial charge in [0.25, 0.3) is 0 Å². The van der Waals surface area contributed by atoms with Crippen molar-refractivity contribution in [1.82, 2.24) is 15.0 Å². The maximum Gasteiger partial charge on any atom is 0.164 e. The Morgan fingerprint density at radius 1 is 0.385 bits per heavy atom. The molecule has 0 saturated heterocycles. The lowest BCUT2D eigenvalue weighted by molar-refractivity contribution is 0.673. The SMILES string of the molecule is c1ccc(-c2cc3c4ccc(-c5nc(-c6cccc7ccccc67)nc(-c6cccc7sc8ccccc8c67)n5)cc4oc3c3ccccc23)cc1. The Kier molecular flexibility index (Phi) is 6.39. The standard InChI is InChI=1S/C47H27N3OS/c1-2-12-29(13-3-1)38-27-39-33-25-24-30(26-40(33)51-44(39)34-18-7-6-17-32(34)38)45-48-46(35-20-10-15-28-14-4-5-16-31(28)35)50-47(49-45)37-21-11-23-42-43(37)36-19-8-9-22-41(36)52-42/h1-27H. The molecule has 242 valence electrons. The van der Waals surface area contributed by atoms with Crippen LogP contribution in [0, 0.1) is 0 Å². The van der Waals surface area contributed by atoms with E-state index in [0.717, 1.165) is 65.6 Å². The number of benzene rings is 8. The average Bonchev–Trinajstić information content (AvgIpc) is 3.79. The minimum atomic E-state index is 0.599. The summed E-state index contributed by atoms with van der Waals surface area (Å²) in [7, 11) is 0. The molecule has 4 nitrogen and oxygen atoms in total. The molecule has 0 amide bonds. The number of rotatable bonds is 4. The Labute approximate surface area is 302 Å². The molecule has 52 heavy (non-hydrogen) atoms. The van der Waals surface area contributed by atoms with Crippen LogP contribution < -0.4 is 0 Å². The second-order valence-electron chi connectivity index (χ2n) is 13.1. The molecule has 0 radical (unpaired) electrons. The molecule has 11 aromatic rings.